The lowest BCUT2D eigenvalue weighted by molar-refractivity contribution is 0.0746. The van der Waals surface area contributed by atoms with Gasteiger partial charge in [0.2, 0.25) is 0 Å². The monoisotopic (exact) mass is 496 g/mol. The number of benzene rings is 3. The molecule has 36 heavy (non-hydrogen) atoms. The highest BCUT2D eigenvalue weighted by Gasteiger charge is 2.24. The number of carbonyl (C=O) groups is 1. The Bertz CT molecular complexity index is 1290. The van der Waals surface area contributed by atoms with Gasteiger partial charge in [0.05, 0.1) is 0 Å². The number of piperazine rings is 1. The van der Waals surface area contributed by atoms with Gasteiger partial charge in [-0.1, -0.05) is 67.4 Å². The van der Waals surface area contributed by atoms with E-state index in [9.17, 15) is 4.79 Å². The zero-order chi connectivity index (χ0) is 25.1. The molecule has 1 saturated heterocycles. The molecule has 2 aliphatic rings. The minimum absolute atomic E-state index is 0.144. The van der Waals surface area contributed by atoms with Crippen LogP contribution in [0.25, 0.3) is 11.6 Å². The molecule has 0 radical (unpaired) electrons. The minimum Gasteiger partial charge on any atom is -0.368 e. The summed E-state index contributed by atoms with van der Waals surface area (Å²) in [6.07, 6.45) is 7.06. The van der Waals surface area contributed by atoms with Crippen LogP contribution in [0.15, 0.2) is 70.5 Å². The Morgan fingerprint density at radius 3 is 2.47 bits per heavy atom. The van der Waals surface area contributed by atoms with Crippen LogP contribution in [0.1, 0.15) is 65.2 Å². The van der Waals surface area contributed by atoms with Crippen molar-refractivity contribution in [2.24, 2.45) is 0 Å². The maximum atomic E-state index is 13.5. The lowest BCUT2D eigenvalue weighted by atomic mass is 9.96. The number of unbranched alkanes of at least 4 members (excludes halogenated alkanes) is 2. The van der Waals surface area contributed by atoms with Crippen LogP contribution in [0.2, 0.25) is 0 Å². The third-order valence-electron chi connectivity index (χ3n) is 7.35. The molecular formula is C32H36N2OS. The third kappa shape index (κ3) is 5.24. The lowest BCUT2D eigenvalue weighted by Gasteiger charge is -2.37. The van der Waals surface area contributed by atoms with Crippen LogP contribution in [0.3, 0.4) is 0 Å². The summed E-state index contributed by atoms with van der Waals surface area (Å²) in [7, 11) is 0. The van der Waals surface area contributed by atoms with Gasteiger partial charge in [0, 0.05) is 47.2 Å². The number of amides is 1. The van der Waals surface area contributed by atoms with Gasteiger partial charge in [0.1, 0.15) is 0 Å². The highest BCUT2D eigenvalue weighted by Crippen LogP contribution is 2.42. The van der Waals surface area contributed by atoms with Crippen LogP contribution in [0, 0.1) is 13.8 Å². The van der Waals surface area contributed by atoms with E-state index in [0.717, 1.165) is 38.2 Å². The molecule has 4 heteroatoms. The van der Waals surface area contributed by atoms with Crippen LogP contribution < -0.4 is 4.90 Å². The summed E-state index contributed by atoms with van der Waals surface area (Å²) >= 11 is 1.82. The van der Waals surface area contributed by atoms with Crippen molar-refractivity contribution in [3.05, 3.63) is 88.5 Å². The first kappa shape index (κ1) is 24.7. The predicted molar refractivity (Wildman–Crippen MR) is 153 cm³/mol. The number of allylic oxidation sites excluding steroid dienone is 1. The zero-order valence-corrected chi connectivity index (χ0v) is 22.5. The van der Waals surface area contributed by atoms with E-state index in [1.807, 2.05) is 22.7 Å². The second-order valence-electron chi connectivity index (χ2n) is 10.0. The summed E-state index contributed by atoms with van der Waals surface area (Å²) in [4.78, 5) is 20.5. The van der Waals surface area contributed by atoms with E-state index in [4.69, 9.17) is 0 Å². The molecule has 2 heterocycles. The Morgan fingerprint density at radius 1 is 0.889 bits per heavy atom. The fourth-order valence-electron chi connectivity index (χ4n) is 5.36. The zero-order valence-electron chi connectivity index (χ0n) is 21.7. The number of anilines is 1. The van der Waals surface area contributed by atoms with E-state index in [0.29, 0.717) is 0 Å². The van der Waals surface area contributed by atoms with Crippen LogP contribution in [-0.2, 0) is 0 Å². The maximum absolute atomic E-state index is 13.5. The second kappa shape index (κ2) is 11.0. The molecule has 0 saturated carbocycles. The molecule has 3 aromatic carbocycles. The van der Waals surface area contributed by atoms with Gasteiger partial charge in [-0.25, -0.2) is 0 Å². The summed E-state index contributed by atoms with van der Waals surface area (Å²) < 4.78 is 0. The summed E-state index contributed by atoms with van der Waals surface area (Å²) in [6.45, 7) is 9.80. The van der Waals surface area contributed by atoms with E-state index < -0.39 is 0 Å². The number of hydrogen-bond donors (Lipinski definition) is 0. The molecule has 1 amide bonds. The molecule has 3 aromatic rings. The average Bonchev–Trinajstić information content (AvgIpc) is 3.05. The molecule has 0 spiro atoms. The van der Waals surface area contributed by atoms with Crippen LogP contribution in [-0.4, -0.2) is 37.0 Å². The Kier molecular flexibility index (Phi) is 7.52. The fourth-order valence-corrected chi connectivity index (χ4v) is 6.42. The van der Waals surface area contributed by atoms with Crippen LogP contribution >= 0.6 is 11.8 Å². The summed E-state index contributed by atoms with van der Waals surface area (Å²) in [5.74, 6) is 0.144. The Labute approximate surface area is 220 Å². The maximum Gasteiger partial charge on any atom is 0.253 e. The molecule has 1 fully saturated rings. The van der Waals surface area contributed by atoms with Crippen molar-refractivity contribution in [1.82, 2.24) is 4.90 Å². The first-order valence-electron chi connectivity index (χ1n) is 13.3. The first-order valence-corrected chi connectivity index (χ1v) is 14.1. The smallest absolute Gasteiger partial charge is 0.253 e. The average molecular weight is 497 g/mol. The van der Waals surface area contributed by atoms with Gasteiger partial charge in [0.25, 0.3) is 5.91 Å². The van der Waals surface area contributed by atoms with Crippen LogP contribution in [0.4, 0.5) is 5.69 Å². The Balaban J connectivity index is 1.34. The van der Waals surface area contributed by atoms with E-state index in [-0.39, 0.29) is 5.91 Å². The van der Waals surface area contributed by atoms with Gasteiger partial charge >= 0.3 is 0 Å². The Hall–Kier alpha value is -2.98. The van der Waals surface area contributed by atoms with E-state index >= 15 is 0 Å². The lowest BCUT2D eigenvalue weighted by Crippen LogP contribution is -2.49. The first-order chi connectivity index (χ1) is 17.5. The quantitative estimate of drug-likeness (QED) is 0.325. The number of fused-ring (bicyclic) bond motifs is 2. The highest BCUT2D eigenvalue weighted by molar-refractivity contribution is 7.99. The molecule has 0 atom stereocenters. The van der Waals surface area contributed by atoms with Crippen molar-refractivity contribution in [1.29, 1.82) is 0 Å². The SMILES string of the molecule is CCCCCC1=Cc2cc(C(=O)N3CCN(c4ccc(C)cc4C)CC3)ccc2Sc2ccccc21. The van der Waals surface area contributed by atoms with Gasteiger partial charge in [-0.2, -0.15) is 0 Å². The van der Waals surface area contributed by atoms with Gasteiger partial charge in [0.15, 0.2) is 0 Å². The van der Waals surface area contributed by atoms with Crippen molar-refractivity contribution in [2.75, 3.05) is 31.1 Å². The third-order valence-corrected chi connectivity index (χ3v) is 8.52. The molecule has 0 bridgehead atoms. The normalized spacial score (nSPS) is 15.1. The molecular weight excluding hydrogens is 460 g/mol. The molecule has 2 aliphatic heterocycles. The largest absolute Gasteiger partial charge is 0.368 e. The highest BCUT2D eigenvalue weighted by atomic mass is 32.2. The standard InChI is InChI=1S/C32H36N2OS/c1-4-5-6-9-25-21-27-22-26(13-15-30(27)36-31-11-8-7-10-28(25)31)32(35)34-18-16-33(17-19-34)29-14-12-23(2)20-24(29)3/h7-8,10-15,20-22H,4-6,9,16-19H2,1-3H3. The summed E-state index contributed by atoms with van der Waals surface area (Å²) in [5.41, 5.74) is 8.57. The van der Waals surface area contributed by atoms with E-state index in [1.54, 1.807) is 0 Å². The van der Waals surface area contributed by atoms with Crippen molar-refractivity contribution in [3.8, 4) is 0 Å². The van der Waals surface area contributed by atoms with Gasteiger partial charge in [-0.3, -0.25) is 4.79 Å². The Morgan fingerprint density at radius 2 is 1.69 bits per heavy atom. The van der Waals surface area contributed by atoms with Crippen LogP contribution in [0.5, 0.6) is 0 Å². The number of rotatable bonds is 6. The molecule has 0 aliphatic carbocycles. The van der Waals surface area contributed by atoms with Crippen molar-refractivity contribution in [3.63, 3.8) is 0 Å². The fraction of sp³-hybridized carbons (Fsp3) is 0.344. The van der Waals surface area contributed by atoms with Crippen molar-refractivity contribution < 1.29 is 4.79 Å². The van der Waals surface area contributed by atoms with Crippen molar-refractivity contribution >= 4 is 35.0 Å². The minimum atomic E-state index is 0.144. The summed E-state index contributed by atoms with van der Waals surface area (Å²) in [5, 5.41) is 0. The topological polar surface area (TPSA) is 23.6 Å². The van der Waals surface area contributed by atoms with Gasteiger partial charge < -0.3 is 9.80 Å². The number of nitrogens with zero attached hydrogens (tertiary/aromatic N) is 2. The molecule has 0 aromatic heterocycles. The number of carbonyl (C=O) groups excluding carboxylic acids is 1. The predicted octanol–water partition coefficient (Wildman–Crippen LogP) is 7.85. The summed E-state index contributed by atoms with van der Waals surface area (Å²) in [6, 6.07) is 21.6. The second-order valence-corrected chi connectivity index (χ2v) is 11.1. The number of aryl methyl sites for hydroxylation is 2. The molecule has 5 rings (SSSR count). The van der Waals surface area contributed by atoms with Gasteiger partial charge in [-0.15, -0.1) is 0 Å². The molecule has 0 unspecified atom stereocenters. The molecule has 186 valence electrons. The van der Waals surface area contributed by atoms with Crippen molar-refractivity contribution in [2.45, 2.75) is 56.2 Å². The van der Waals surface area contributed by atoms with E-state index in [2.05, 4.69) is 86.3 Å². The number of hydrogen-bond acceptors (Lipinski definition) is 3. The molecule has 0 N–H and O–H groups in total. The molecule has 3 nitrogen and oxygen atoms in total. The van der Waals surface area contributed by atoms with E-state index in [1.165, 1.54) is 62.6 Å². The van der Waals surface area contributed by atoms with Gasteiger partial charge in [-0.05, 0) is 85.4 Å².